The van der Waals surface area contributed by atoms with Crippen molar-refractivity contribution < 1.29 is 9.47 Å². The number of para-hydroxylation sites is 2. The van der Waals surface area contributed by atoms with Crippen molar-refractivity contribution in [3.63, 3.8) is 0 Å². The van der Waals surface area contributed by atoms with Crippen LogP contribution in [-0.2, 0) is 6.54 Å². The Morgan fingerprint density at radius 1 is 0.903 bits per heavy atom. The summed E-state index contributed by atoms with van der Waals surface area (Å²) in [7, 11) is 1.66. The second-order valence-electron chi connectivity index (χ2n) is 7.23. The quantitative estimate of drug-likeness (QED) is 0.275. The lowest BCUT2D eigenvalue weighted by Gasteiger charge is -2.09. The van der Waals surface area contributed by atoms with Crippen LogP contribution in [0.4, 0.5) is 0 Å². The lowest BCUT2D eigenvalue weighted by molar-refractivity contribution is 0.301. The van der Waals surface area contributed by atoms with Crippen LogP contribution in [0.25, 0.3) is 23.2 Å². The monoisotopic (exact) mass is 432 g/mol. The molecule has 1 heterocycles. The average molecular weight is 433 g/mol. The minimum Gasteiger partial charge on any atom is -0.497 e. The lowest BCUT2D eigenvalue weighted by Crippen LogP contribution is -2.04. The maximum Gasteiger partial charge on any atom is 0.133 e. The van der Waals surface area contributed by atoms with Crippen LogP contribution in [0.1, 0.15) is 24.2 Å². The highest BCUT2D eigenvalue weighted by atomic mass is 35.5. The van der Waals surface area contributed by atoms with Gasteiger partial charge in [0.2, 0.25) is 0 Å². The molecule has 0 bridgehead atoms. The van der Waals surface area contributed by atoms with Crippen LogP contribution in [0, 0.1) is 0 Å². The molecule has 0 amide bonds. The van der Waals surface area contributed by atoms with Gasteiger partial charge in [0, 0.05) is 17.6 Å². The van der Waals surface area contributed by atoms with Crippen LogP contribution in [0.5, 0.6) is 11.5 Å². The molecule has 0 atom stereocenters. The van der Waals surface area contributed by atoms with Gasteiger partial charge in [0.25, 0.3) is 0 Å². The maximum atomic E-state index is 5.99. The highest BCUT2D eigenvalue weighted by Crippen LogP contribution is 2.21. The first kappa shape index (κ1) is 21.0. The zero-order chi connectivity index (χ0) is 21.5. The van der Waals surface area contributed by atoms with Gasteiger partial charge in [-0.15, -0.1) is 0 Å². The third-order valence-electron chi connectivity index (χ3n) is 5.06. The van der Waals surface area contributed by atoms with Gasteiger partial charge in [0.1, 0.15) is 17.3 Å². The number of methoxy groups -OCH3 is 1. The fourth-order valence-corrected chi connectivity index (χ4v) is 3.58. The number of halogens is 1. The number of ether oxygens (including phenoxy) is 2. The number of rotatable bonds is 9. The molecule has 0 aliphatic carbocycles. The number of aromatic nitrogens is 2. The molecule has 0 radical (unpaired) electrons. The summed E-state index contributed by atoms with van der Waals surface area (Å²) < 4.78 is 13.4. The molecular formula is C26H25ClN2O2. The van der Waals surface area contributed by atoms with E-state index in [1.807, 2.05) is 54.6 Å². The minimum absolute atomic E-state index is 0.662. The van der Waals surface area contributed by atoms with Crippen molar-refractivity contribution >= 4 is 34.8 Å². The van der Waals surface area contributed by atoms with Crippen molar-refractivity contribution in [2.45, 2.75) is 19.4 Å². The molecule has 0 unspecified atom stereocenters. The molecule has 5 heteroatoms. The summed E-state index contributed by atoms with van der Waals surface area (Å²) in [5.41, 5.74) is 3.24. The van der Waals surface area contributed by atoms with Crippen molar-refractivity contribution in [2.75, 3.05) is 13.7 Å². The molecule has 0 saturated heterocycles. The smallest absolute Gasteiger partial charge is 0.133 e. The summed E-state index contributed by atoms with van der Waals surface area (Å²) in [6.45, 7) is 1.54. The van der Waals surface area contributed by atoms with E-state index in [2.05, 4.69) is 34.9 Å². The summed E-state index contributed by atoms with van der Waals surface area (Å²) >= 11 is 5.99. The van der Waals surface area contributed by atoms with Crippen LogP contribution in [0.2, 0.25) is 5.02 Å². The van der Waals surface area contributed by atoms with E-state index in [4.69, 9.17) is 26.1 Å². The van der Waals surface area contributed by atoms with E-state index in [1.54, 1.807) is 7.11 Å². The van der Waals surface area contributed by atoms with Gasteiger partial charge in [0.15, 0.2) is 0 Å². The first-order valence-electron chi connectivity index (χ1n) is 10.4. The van der Waals surface area contributed by atoms with Crippen LogP contribution in [0.15, 0.2) is 72.8 Å². The standard InChI is InChI=1S/C26H25ClN2O2/c1-30-22-7-6-8-23(19-22)31-18-5-4-17-29-25-10-3-2-9-24(25)28-26(29)16-13-20-11-14-21(27)15-12-20/h2-3,6-16,19H,4-5,17-18H2,1H3/b16-13+. The highest BCUT2D eigenvalue weighted by molar-refractivity contribution is 6.30. The zero-order valence-corrected chi connectivity index (χ0v) is 18.3. The van der Waals surface area contributed by atoms with Crippen molar-refractivity contribution in [1.82, 2.24) is 9.55 Å². The number of fused-ring (bicyclic) bond motifs is 1. The average Bonchev–Trinajstić information content (AvgIpc) is 3.16. The molecule has 31 heavy (non-hydrogen) atoms. The molecule has 0 spiro atoms. The van der Waals surface area contributed by atoms with Crippen LogP contribution in [-0.4, -0.2) is 23.3 Å². The van der Waals surface area contributed by atoms with E-state index in [0.29, 0.717) is 6.61 Å². The van der Waals surface area contributed by atoms with Crippen LogP contribution < -0.4 is 9.47 Å². The Bertz CT molecular complexity index is 1170. The molecule has 0 aliphatic heterocycles. The van der Waals surface area contributed by atoms with Gasteiger partial charge in [-0.1, -0.05) is 48.0 Å². The number of hydrogen-bond donors (Lipinski definition) is 0. The number of imidazole rings is 1. The lowest BCUT2D eigenvalue weighted by atomic mass is 10.2. The molecule has 1 aromatic heterocycles. The molecule has 0 fully saturated rings. The fraction of sp³-hybridized carbons (Fsp3) is 0.192. The van der Waals surface area contributed by atoms with Gasteiger partial charge in [-0.3, -0.25) is 0 Å². The molecule has 0 N–H and O–H groups in total. The summed E-state index contributed by atoms with van der Waals surface area (Å²) in [5, 5.41) is 0.737. The van der Waals surface area contributed by atoms with Crippen molar-refractivity contribution in [1.29, 1.82) is 0 Å². The van der Waals surface area contributed by atoms with Crippen molar-refractivity contribution in [3.05, 3.63) is 89.2 Å². The molecule has 3 aromatic carbocycles. The first-order valence-corrected chi connectivity index (χ1v) is 10.8. The molecule has 0 saturated carbocycles. The number of aryl methyl sites for hydroxylation is 1. The summed E-state index contributed by atoms with van der Waals surface area (Å²) in [6, 6.07) is 23.7. The third kappa shape index (κ3) is 5.47. The van der Waals surface area contributed by atoms with Gasteiger partial charge >= 0.3 is 0 Å². The van der Waals surface area contributed by atoms with Crippen molar-refractivity contribution in [2.24, 2.45) is 0 Å². The molecule has 158 valence electrons. The Balaban J connectivity index is 1.41. The Hall–Kier alpha value is -3.24. The molecule has 4 nitrogen and oxygen atoms in total. The predicted molar refractivity (Wildman–Crippen MR) is 128 cm³/mol. The molecule has 4 rings (SSSR count). The van der Waals surface area contributed by atoms with Crippen LogP contribution in [0.3, 0.4) is 0 Å². The zero-order valence-electron chi connectivity index (χ0n) is 17.5. The first-order chi connectivity index (χ1) is 15.2. The normalized spacial score (nSPS) is 11.3. The second kappa shape index (κ2) is 10.2. The molecule has 0 aliphatic rings. The van der Waals surface area contributed by atoms with Crippen LogP contribution >= 0.6 is 11.6 Å². The van der Waals surface area contributed by atoms with Gasteiger partial charge in [-0.2, -0.15) is 0 Å². The predicted octanol–water partition coefficient (Wildman–Crippen LogP) is 6.73. The van der Waals surface area contributed by atoms with Gasteiger partial charge in [-0.25, -0.2) is 4.98 Å². The van der Waals surface area contributed by atoms with Gasteiger partial charge in [-0.05, 0) is 60.9 Å². The summed E-state index contributed by atoms with van der Waals surface area (Å²) in [4.78, 5) is 4.82. The molecule has 4 aromatic rings. The SMILES string of the molecule is COc1cccc(OCCCCn2c(/C=C/c3ccc(Cl)cc3)nc3ccccc32)c1. The Morgan fingerprint density at radius 3 is 2.55 bits per heavy atom. The van der Waals surface area contributed by atoms with E-state index in [9.17, 15) is 0 Å². The Morgan fingerprint density at radius 2 is 1.71 bits per heavy atom. The Labute approximate surface area is 187 Å². The topological polar surface area (TPSA) is 36.3 Å². The van der Waals surface area contributed by atoms with E-state index in [1.165, 1.54) is 0 Å². The van der Waals surface area contributed by atoms with E-state index in [-0.39, 0.29) is 0 Å². The second-order valence-corrected chi connectivity index (χ2v) is 7.67. The van der Waals surface area contributed by atoms with Crippen molar-refractivity contribution in [3.8, 4) is 11.5 Å². The van der Waals surface area contributed by atoms with E-state index >= 15 is 0 Å². The summed E-state index contributed by atoms with van der Waals surface area (Å²) in [5.74, 6) is 2.59. The number of unbranched alkanes of at least 4 members (excludes halogenated alkanes) is 1. The fourth-order valence-electron chi connectivity index (χ4n) is 3.45. The maximum absolute atomic E-state index is 5.99. The largest absolute Gasteiger partial charge is 0.497 e. The Kier molecular flexibility index (Phi) is 6.90. The van der Waals surface area contributed by atoms with Gasteiger partial charge in [0.05, 0.1) is 24.8 Å². The van der Waals surface area contributed by atoms with E-state index in [0.717, 1.165) is 58.3 Å². The number of benzene rings is 3. The third-order valence-corrected chi connectivity index (χ3v) is 5.32. The van der Waals surface area contributed by atoms with Gasteiger partial charge < -0.3 is 14.0 Å². The minimum atomic E-state index is 0.662. The molecular weight excluding hydrogens is 408 g/mol. The number of hydrogen-bond acceptors (Lipinski definition) is 3. The van der Waals surface area contributed by atoms with E-state index < -0.39 is 0 Å². The highest BCUT2D eigenvalue weighted by Gasteiger charge is 2.08. The number of nitrogens with zero attached hydrogens (tertiary/aromatic N) is 2. The summed E-state index contributed by atoms with van der Waals surface area (Å²) in [6.07, 6.45) is 6.08.